The quantitative estimate of drug-likeness (QED) is 0.684. The highest BCUT2D eigenvalue weighted by Crippen LogP contribution is 2.35. The molecule has 0 amide bonds. The molecule has 0 radical (unpaired) electrons. The Labute approximate surface area is 70.0 Å². The van der Waals surface area contributed by atoms with E-state index in [1.165, 1.54) is 0 Å². The molecule has 1 rings (SSSR count). The molecule has 7 heteroatoms. The van der Waals surface area contributed by atoms with Crippen LogP contribution in [-0.4, -0.2) is 22.1 Å². The van der Waals surface area contributed by atoms with Gasteiger partial charge in [0.2, 0.25) is 0 Å². The van der Waals surface area contributed by atoms with Crippen LogP contribution in [0.15, 0.2) is 18.5 Å². The first-order valence-electron chi connectivity index (χ1n) is 3.25. The van der Waals surface area contributed by atoms with E-state index in [-0.39, 0.29) is 4.68 Å². The van der Waals surface area contributed by atoms with Gasteiger partial charge in [-0.2, -0.15) is 13.9 Å². The predicted molar refractivity (Wildman–Crippen MR) is 33.3 cm³/mol. The number of halogens is 5. The van der Waals surface area contributed by atoms with Crippen molar-refractivity contribution in [3.63, 3.8) is 0 Å². The lowest BCUT2D eigenvalue weighted by molar-refractivity contribution is -0.194. The van der Waals surface area contributed by atoms with E-state index < -0.39 is 18.6 Å². The zero-order chi connectivity index (χ0) is 10.1. The van der Waals surface area contributed by atoms with Crippen LogP contribution in [0, 0.1) is 0 Å². The largest absolute Gasteiger partial charge is 0.357 e. The average molecular weight is 200 g/mol. The molecule has 1 atom stereocenters. The molecule has 0 saturated heterocycles. The Morgan fingerprint density at radius 1 is 1.23 bits per heavy atom. The van der Waals surface area contributed by atoms with E-state index in [0.29, 0.717) is 0 Å². The Balaban J connectivity index is 2.84. The molecular formula is C6H5F5N2. The molecule has 13 heavy (non-hydrogen) atoms. The number of alkyl halides is 5. The highest BCUT2D eigenvalue weighted by atomic mass is 19.3. The molecule has 0 aliphatic carbocycles. The van der Waals surface area contributed by atoms with Crippen molar-refractivity contribution >= 4 is 0 Å². The molecule has 0 aromatic carbocycles. The van der Waals surface area contributed by atoms with Crippen LogP contribution in [0.4, 0.5) is 22.0 Å². The van der Waals surface area contributed by atoms with Crippen LogP contribution < -0.4 is 0 Å². The van der Waals surface area contributed by atoms with E-state index in [4.69, 9.17) is 0 Å². The van der Waals surface area contributed by atoms with Crippen molar-refractivity contribution in [1.82, 2.24) is 9.78 Å². The lowest BCUT2D eigenvalue weighted by Gasteiger charge is -2.19. The highest BCUT2D eigenvalue weighted by Gasteiger charge is 2.51. The molecular weight excluding hydrogens is 195 g/mol. The van der Waals surface area contributed by atoms with Crippen molar-refractivity contribution in [1.29, 1.82) is 0 Å². The molecule has 0 saturated carbocycles. The number of rotatable bonds is 3. The first-order valence-corrected chi connectivity index (χ1v) is 3.25. The zero-order valence-corrected chi connectivity index (χ0v) is 6.17. The standard InChI is InChI=1S/C6H5F5N2/c7-4(8)6(10,11)5(9)13-3-1-2-12-13/h1-5H. The summed E-state index contributed by atoms with van der Waals surface area (Å²) >= 11 is 0. The van der Waals surface area contributed by atoms with E-state index >= 15 is 0 Å². The van der Waals surface area contributed by atoms with Crippen molar-refractivity contribution in [3.8, 4) is 0 Å². The summed E-state index contributed by atoms with van der Waals surface area (Å²) in [7, 11) is 0. The van der Waals surface area contributed by atoms with Crippen LogP contribution in [0.2, 0.25) is 0 Å². The Hall–Kier alpha value is -1.14. The molecule has 1 heterocycles. The molecule has 0 aliphatic rings. The van der Waals surface area contributed by atoms with Gasteiger partial charge >= 0.3 is 12.3 Å². The molecule has 0 fully saturated rings. The Bertz CT molecular complexity index is 258. The maximum absolute atomic E-state index is 12.7. The third-order valence-electron chi connectivity index (χ3n) is 1.37. The second-order valence-corrected chi connectivity index (χ2v) is 2.30. The molecule has 1 aromatic rings. The molecule has 0 spiro atoms. The minimum Gasteiger partial charge on any atom is -0.233 e. The summed E-state index contributed by atoms with van der Waals surface area (Å²) in [6, 6.07) is 1.16. The van der Waals surface area contributed by atoms with Gasteiger partial charge in [0.25, 0.3) is 6.30 Å². The van der Waals surface area contributed by atoms with Crippen LogP contribution >= 0.6 is 0 Å². The minimum absolute atomic E-state index is 0.145. The van der Waals surface area contributed by atoms with E-state index in [1.54, 1.807) is 0 Å². The van der Waals surface area contributed by atoms with Gasteiger partial charge in [0.05, 0.1) is 0 Å². The Kier molecular flexibility index (Phi) is 2.53. The summed E-state index contributed by atoms with van der Waals surface area (Å²) in [5, 5.41) is 3.09. The first-order chi connectivity index (χ1) is 5.96. The monoisotopic (exact) mass is 200 g/mol. The maximum atomic E-state index is 12.7. The van der Waals surface area contributed by atoms with Crippen LogP contribution in [-0.2, 0) is 0 Å². The Morgan fingerprint density at radius 3 is 2.23 bits per heavy atom. The van der Waals surface area contributed by atoms with Crippen LogP contribution in [0.25, 0.3) is 0 Å². The molecule has 74 valence electrons. The van der Waals surface area contributed by atoms with Gasteiger partial charge in [0, 0.05) is 12.4 Å². The lowest BCUT2D eigenvalue weighted by atomic mass is 10.3. The van der Waals surface area contributed by atoms with Crippen molar-refractivity contribution in [3.05, 3.63) is 18.5 Å². The number of nitrogens with zero attached hydrogens (tertiary/aromatic N) is 2. The second kappa shape index (κ2) is 3.31. The second-order valence-electron chi connectivity index (χ2n) is 2.30. The van der Waals surface area contributed by atoms with E-state index in [0.717, 1.165) is 18.5 Å². The van der Waals surface area contributed by atoms with Crippen LogP contribution in [0.1, 0.15) is 6.30 Å². The molecule has 0 N–H and O–H groups in total. The summed E-state index contributed by atoms with van der Waals surface area (Å²) in [5.41, 5.74) is 0. The van der Waals surface area contributed by atoms with Gasteiger partial charge in [-0.05, 0) is 6.07 Å². The van der Waals surface area contributed by atoms with Crippen LogP contribution in [0.3, 0.4) is 0 Å². The fraction of sp³-hybridized carbons (Fsp3) is 0.500. The van der Waals surface area contributed by atoms with Gasteiger partial charge in [-0.15, -0.1) is 0 Å². The zero-order valence-electron chi connectivity index (χ0n) is 6.17. The predicted octanol–water partition coefficient (Wildman–Crippen LogP) is 2.25. The number of aromatic nitrogens is 2. The average Bonchev–Trinajstić information content (AvgIpc) is 2.54. The van der Waals surface area contributed by atoms with Gasteiger partial charge in [0.1, 0.15) is 0 Å². The molecule has 2 nitrogen and oxygen atoms in total. The summed E-state index contributed by atoms with van der Waals surface area (Å²) in [5.74, 6) is -4.72. The summed E-state index contributed by atoms with van der Waals surface area (Å²) in [6.07, 6.45) is -5.32. The minimum atomic E-state index is -4.72. The van der Waals surface area contributed by atoms with E-state index in [9.17, 15) is 22.0 Å². The van der Waals surface area contributed by atoms with Gasteiger partial charge < -0.3 is 0 Å². The Morgan fingerprint density at radius 2 is 1.85 bits per heavy atom. The van der Waals surface area contributed by atoms with Crippen molar-refractivity contribution in [2.45, 2.75) is 18.6 Å². The first kappa shape index (κ1) is 9.94. The van der Waals surface area contributed by atoms with E-state index in [1.807, 2.05) is 0 Å². The van der Waals surface area contributed by atoms with Gasteiger partial charge in [-0.3, -0.25) is 0 Å². The lowest BCUT2D eigenvalue weighted by Crippen LogP contribution is -2.35. The number of hydrogen-bond donors (Lipinski definition) is 0. The van der Waals surface area contributed by atoms with Crippen LogP contribution in [0.5, 0.6) is 0 Å². The van der Waals surface area contributed by atoms with Gasteiger partial charge in [-0.25, -0.2) is 17.9 Å². The number of hydrogen-bond acceptors (Lipinski definition) is 1. The fourth-order valence-corrected chi connectivity index (χ4v) is 0.695. The van der Waals surface area contributed by atoms with Gasteiger partial charge in [0.15, 0.2) is 0 Å². The third kappa shape index (κ3) is 1.78. The highest BCUT2D eigenvalue weighted by molar-refractivity contribution is 4.84. The SMILES string of the molecule is FC(F)C(F)(F)C(F)n1cccn1. The fourth-order valence-electron chi connectivity index (χ4n) is 0.695. The third-order valence-corrected chi connectivity index (χ3v) is 1.37. The normalized spacial score (nSPS) is 14.9. The van der Waals surface area contributed by atoms with E-state index in [2.05, 4.69) is 5.10 Å². The van der Waals surface area contributed by atoms with Gasteiger partial charge in [-0.1, -0.05) is 0 Å². The smallest absolute Gasteiger partial charge is 0.233 e. The van der Waals surface area contributed by atoms with Crippen molar-refractivity contribution < 1.29 is 22.0 Å². The molecule has 1 aromatic heterocycles. The molecule has 0 bridgehead atoms. The molecule has 0 aliphatic heterocycles. The summed E-state index contributed by atoms with van der Waals surface area (Å²) in [4.78, 5) is 0. The topological polar surface area (TPSA) is 17.8 Å². The summed E-state index contributed by atoms with van der Waals surface area (Å²) in [6.45, 7) is 0. The maximum Gasteiger partial charge on any atom is 0.357 e. The molecule has 1 unspecified atom stereocenters. The summed E-state index contributed by atoms with van der Waals surface area (Å²) < 4.78 is 60.7. The van der Waals surface area contributed by atoms with Crippen molar-refractivity contribution in [2.24, 2.45) is 0 Å². The van der Waals surface area contributed by atoms with Crippen molar-refractivity contribution in [2.75, 3.05) is 0 Å².